The summed E-state index contributed by atoms with van der Waals surface area (Å²) in [6, 6.07) is 25.0. The van der Waals surface area contributed by atoms with Gasteiger partial charge in [0.1, 0.15) is 29.3 Å². The molecule has 4 saturated heterocycles. The second kappa shape index (κ2) is 24.5. The number of hydrogen-bond acceptors (Lipinski definition) is 15. The lowest BCUT2D eigenvalue weighted by molar-refractivity contribution is -0.384. The van der Waals surface area contributed by atoms with Crippen LogP contribution in [0, 0.1) is 46.9 Å². The van der Waals surface area contributed by atoms with Crippen molar-refractivity contribution in [2.24, 2.45) is 23.7 Å². The van der Waals surface area contributed by atoms with Crippen LogP contribution < -0.4 is 30.5 Å². The van der Waals surface area contributed by atoms with Gasteiger partial charge in [-0.15, -0.1) is 0 Å². The number of carbonyl (C=O) groups is 6. The Hall–Kier alpha value is -9.32. The number of carbonyl (C=O) groups excluding carboxylic acids is 6. The summed E-state index contributed by atoms with van der Waals surface area (Å²) < 4.78 is 15.4. The predicted molar refractivity (Wildman–Crippen MR) is 311 cm³/mol. The zero-order chi connectivity index (χ0) is 60.3. The van der Waals surface area contributed by atoms with Crippen LogP contribution in [0.2, 0.25) is 0 Å². The average molecular weight is 1160 g/mol. The number of nitrogens with one attached hydrogen (secondary N) is 3. The van der Waals surface area contributed by atoms with Crippen molar-refractivity contribution >= 4 is 53.9 Å². The third kappa shape index (κ3) is 11.2. The van der Waals surface area contributed by atoms with Crippen molar-refractivity contribution in [1.82, 2.24) is 35.7 Å². The molecular formula is C62H66N12O11. The molecule has 10 atom stereocenters. The topological polar surface area (TPSA) is 257 Å². The van der Waals surface area contributed by atoms with Crippen molar-refractivity contribution in [1.29, 1.82) is 0 Å². The number of non-ortho nitro benzene ring substituents is 1. The van der Waals surface area contributed by atoms with Gasteiger partial charge in [0.05, 0.1) is 65.1 Å². The fraction of sp³-hybridized carbons (Fsp3) is 0.419. The molecule has 3 aromatic carbocycles. The van der Waals surface area contributed by atoms with E-state index in [0.717, 1.165) is 75.6 Å². The molecule has 0 radical (unpaired) electrons. The third-order valence-electron chi connectivity index (χ3n) is 17.8. The number of nitrogens with zero attached hydrogens (tertiary/aromatic N) is 9. The van der Waals surface area contributed by atoms with Gasteiger partial charge in [0, 0.05) is 75.7 Å². The van der Waals surface area contributed by atoms with Crippen molar-refractivity contribution in [2.75, 3.05) is 68.7 Å². The lowest BCUT2D eigenvalue weighted by Gasteiger charge is -2.16. The second-order valence-electron chi connectivity index (χ2n) is 22.2. The Morgan fingerprint density at radius 2 is 1.16 bits per heavy atom. The van der Waals surface area contributed by atoms with Gasteiger partial charge in [-0.3, -0.25) is 49.1 Å². The highest BCUT2D eigenvalue weighted by molar-refractivity contribution is 5.95. The van der Waals surface area contributed by atoms with Crippen LogP contribution in [-0.2, 0) is 52.6 Å². The molecule has 85 heavy (non-hydrogen) atoms. The van der Waals surface area contributed by atoms with Gasteiger partial charge >= 0.3 is 12.2 Å². The second-order valence-corrected chi connectivity index (χ2v) is 22.2. The minimum absolute atomic E-state index is 0.0340. The van der Waals surface area contributed by atoms with E-state index < -0.39 is 16.0 Å². The lowest BCUT2D eigenvalue weighted by Crippen LogP contribution is -2.40. The largest absolute Gasteiger partial charge is 0.442 e. The van der Waals surface area contributed by atoms with Crippen LogP contribution in [0.25, 0.3) is 31.9 Å². The highest BCUT2D eigenvalue weighted by Crippen LogP contribution is 2.64. The summed E-state index contributed by atoms with van der Waals surface area (Å²) in [5.41, 5.74) is 8.36. The van der Waals surface area contributed by atoms with E-state index in [1.54, 1.807) is 20.9 Å². The van der Waals surface area contributed by atoms with Crippen LogP contribution in [0.5, 0.6) is 5.75 Å². The summed E-state index contributed by atoms with van der Waals surface area (Å²) in [4.78, 5) is 103. The van der Waals surface area contributed by atoms with Crippen LogP contribution >= 0.6 is 0 Å². The molecule has 2 aliphatic carbocycles. The molecule has 440 valence electrons. The molecule has 23 nitrogen and oxygen atoms in total. The van der Waals surface area contributed by atoms with Crippen molar-refractivity contribution in [3.8, 4) is 28.0 Å². The van der Waals surface area contributed by atoms with Gasteiger partial charge in [-0.25, -0.2) is 22.7 Å². The number of anilines is 2. The van der Waals surface area contributed by atoms with E-state index in [1.165, 1.54) is 57.7 Å². The Labute approximate surface area is 491 Å². The minimum atomic E-state index is -0.607. The van der Waals surface area contributed by atoms with Crippen molar-refractivity contribution in [3.63, 3.8) is 0 Å². The first kappa shape index (κ1) is 58.9. The Kier molecular flexibility index (Phi) is 17.0. The predicted octanol–water partition coefficient (Wildman–Crippen LogP) is 6.54. The number of benzene rings is 3. The van der Waals surface area contributed by atoms with E-state index in [0.29, 0.717) is 50.9 Å². The number of piperidine rings is 2. The molecule has 0 bridgehead atoms. The molecule has 3 N–H and O–H groups in total. The molecule has 13 rings (SSSR count). The van der Waals surface area contributed by atoms with E-state index in [1.807, 2.05) is 54.7 Å². The number of cyclic esters (lactones) is 2. The summed E-state index contributed by atoms with van der Waals surface area (Å²) >= 11 is 0. The van der Waals surface area contributed by atoms with Gasteiger partial charge in [-0.1, -0.05) is 45.0 Å². The van der Waals surface area contributed by atoms with Gasteiger partial charge in [-0.2, -0.15) is 0 Å². The Bertz CT molecular complexity index is 3450. The van der Waals surface area contributed by atoms with Crippen molar-refractivity contribution in [2.45, 2.75) is 82.8 Å². The van der Waals surface area contributed by atoms with E-state index in [4.69, 9.17) is 27.6 Å². The smallest absolute Gasteiger partial charge is 0.415 e. The molecule has 6 fully saturated rings. The number of ether oxygens (including phenoxy) is 3. The highest BCUT2D eigenvalue weighted by Gasteiger charge is 2.78. The number of pyridine rings is 2. The van der Waals surface area contributed by atoms with Gasteiger partial charge in [-0.05, 0) is 103 Å². The molecule has 2 saturated carbocycles. The standard InChI is InChI=1S/C25H23N5O4.C24H23N5O3.C7H5NO4.C6H15N/c1-14(32)27-10-22-21-8-17-7-15(3-5-20(17)30(21)24(33)34-22)16-4-6-23(28-9-16)25(26-2)18-11-29(13-31)12-19(18)25;1-13(30)27-12-21-20-8-16-7-14(3-5-19(16)29(20)23(31)32-21)15-4-6-22(28-9-15)24(25-2)17-10-26-11-18(17)24;9-5-12-7-3-1-6(2-4-7)8(10)11;1-4-7(5-2)6-3/h3-7,9,13,18-19,21-22H,8,10-12H2,1H3,(H,27,32);3-7,9,17-18,20-21,26H,8,10-12H2,1H3,(H,27,30);1-5H;4-6H2,1-3H3/t18-,19+,21-,22-,25?;17-,18+,20-,21-,24?;;/m00../s1. The molecule has 5 amide bonds. The van der Waals surface area contributed by atoms with Crippen molar-refractivity contribution in [3.05, 3.63) is 153 Å². The SMILES string of the molecule is CCN(CC)CC.O=COc1ccc([N+](=O)[O-])cc1.[C-]#[N+]C1(c2ccc(-c3ccc4c(c3)C[C@H]3[C@H](CNC(C)=O)OC(=O)N43)cn2)[C@@H]2CN(C=O)C[C@@H]21.[C-]#[N+]C1(c2ccc(-c3ccc4c(c3)C[C@H]3[C@H](CNC(C)=O)OC(=O)N43)cn2)[C@@H]2CNC[C@@H]21. The fourth-order valence-corrected chi connectivity index (χ4v) is 13.2. The van der Waals surface area contributed by atoms with Crippen LogP contribution in [0.4, 0.5) is 26.7 Å². The monoisotopic (exact) mass is 1150 g/mol. The van der Waals surface area contributed by atoms with Gasteiger partial charge < -0.3 is 49.7 Å². The van der Waals surface area contributed by atoms with Crippen molar-refractivity contribution < 1.29 is 47.9 Å². The van der Waals surface area contributed by atoms with E-state index in [9.17, 15) is 38.9 Å². The normalized spacial score (nSPS) is 26.0. The summed E-state index contributed by atoms with van der Waals surface area (Å²) in [6.07, 6.45) is 4.37. The molecule has 8 aliphatic rings. The highest BCUT2D eigenvalue weighted by atomic mass is 16.6. The first-order chi connectivity index (χ1) is 41.1. The van der Waals surface area contributed by atoms with Crippen LogP contribution in [0.1, 0.15) is 57.1 Å². The summed E-state index contributed by atoms with van der Waals surface area (Å²) in [5.74, 6) is 1.06. The number of nitro groups is 1. The van der Waals surface area contributed by atoms with E-state index >= 15 is 0 Å². The van der Waals surface area contributed by atoms with Gasteiger partial charge in [0.15, 0.2) is 0 Å². The third-order valence-corrected chi connectivity index (χ3v) is 17.8. The molecule has 0 spiro atoms. The average Bonchev–Trinajstić information content (AvgIpc) is 1.55. The first-order valence-corrected chi connectivity index (χ1v) is 28.5. The number of amides is 5. The maximum absolute atomic E-state index is 12.5. The Morgan fingerprint density at radius 3 is 1.53 bits per heavy atom. The Morgan fingerprint density at radius 1 is 0.718 bits per heavy atom. The quantitative estimate of drug-likeness (QED) is 0.0435. The van der Waals surface area contributed by atoms with Crippen LogP contribution in [-0.4, -0.2) is 145 Å². The number of aromatic nitrogens is 2. The van der Waals surface area contributed by atoms with Gasteiger partial charge in [0.2, 0.25) is 18.2 Å². The molecule has 2 aromatic heterocycles. The minimum Gasteiger partial charge on any atom is -0.442 e. The number of nitro benzene ring substituents is 1. The molecular weight excluding hydrogens is 1090 g/mol. The number of likely N-dealkylation sites (tertiary alicyclic amines) is 1. The molecule has 8 heterocycles. The molecule has 2 unspecified atom stereocenters. The maximum atomic E-state index is 12.5. The molecule has 6 aliphatic heterocycles. The number of fused-ring (bicyclic) bond motifs is 8. The van der Waals surface area contributed by atoms with Crippen LogP contribution in [0.15, 0.2) is 97.3 Å². The summed E-state index contributed by atoms with van der Waals surface area (Å²) in [7, 11) is 0. The number of hydrogen-bond donors (Lipinski definition) is 3. The van der Waals surface area contributed by atoms with E-state index in [-0.39, 0.29) is 78.0 Å². The Balaban J connectivity index is 0.000000146. The van der Waals surface area contributed by atoms with E-state index in [2.05, 4.69) is 73.2 Å². The number of rotatable bonds is 15. The first-order valence-electron chi connectivity index (χ1n) is 28.5. The summed E-state index contributed by atoms with van der Waals surface area (Å²) in [6.45, 7) is 32.5. The zero-order valence-electron chi connectivity index (χ0n) is 47.8. The van der Waals surface area contributed by atoms with Crippen LogP contribution in [0.3, 0.4) is 0 Å². The fourth-order valence-electron chi connectivity index (χ4n) is 13.2. The lowest BCUT2D eigenvalue weighted by atomic mass is 9.99. The molecule has 5 aromatic rings. The molecule has 23 heteroatoms. The zero-order valence-corrected chi connectivity index (χ0v) is 47.8. The summed E-state index contributed by atoms with van der Waals surface area (Å²) in [5, 5.41) is 19.0. The maximum Gasteiger partial charge on any atom is 0.415 e. The van der Waals surface area contributed by atoms with Gasteiger partial charge in [0.25, 0.3) is 23.2 Å².